The summed E-state index contributed by atoms with van der Waals surface area (Å²) in [5.41, 5.74) is 2.39. The molecule has 0 spiro atoms. The predicted octanol–water partition coefficient (Wildman–Crippen LogP) is 4.08. The summed E-state index contributed by atoms with van der Waals surface area (Å²) in [6.45, 7) is 1.44. The first-order valence-electron chi connectivity index (χ1n) is 10.7. The first-order chi connectivity index (χ1) is 15.0. The van der Waals surface area contributed by atoms with Crippen molar-refractivity contribution in [2.45, 2.75) is 25.8 Å². The predicted molar refractivity (Wildman–Crippen MR) is 123 cm³/mol. The van der Waals surface area contributed by atoms with E-state index >= 15 is 0 Å². The van der Waals surface area contributed by atoms with Gasteiger partial charge in [-0.3, -0.25) is 9.59 Å². The van der Waals surface area contributed by atoms with Crippen molar-refractivity contribution >= 4 is 28.3 Å². The lowest BCUT2D eigenvalue weighted by molar-refractivity contribution is 0.0935. The highest BCUT2D eigenvalue weighted by atomic mass is 16.2. The normalized spacial score (nSPS) is 13.8. The summed E-state index contributed by atoms with van der Waals surface area (Å²) in [7, 11) is 4.05. The van der Waals surface area contributed by atoms with Crippen LogP contribution in [0.25, 0.3) is 10.8 Å². The van der Waals surface area contributed by atoms with Crippen molar-refractivity contribution in [3.8, 4) is 0 Å². The number of carbonyl (C=O) groups excluding carboxylic acids is 2. The molecule has 2 aromatic carbocycles. The van der Waals surface area contributed by atoms with Crippen molar-refractivity contribution in [2.75, 3.05) is 26.0 Å². The van der Waals surface area contributed by atoms with Gasteiger partial charge in [-0.15, -0.1) is 0 Å². The number of amides is 2. The highest BCUT2D eigenvalue weighted by molar-refractivity contribution is 6.15. The number of aromatic nitrogens is 1. The summed E-state index contributed by atoms with van der Waals surface area (Å²) in [6.07, 6.45) is 5.11. The van der Waals surface area contributed by atoms with Crippen LogP contribution in [0.15, 0.2) is 54.7 Å². The third kappa shape index (κ3) is 4.75. The van der Waals surface area contributed by atoms with Crippen LogP contribution in [0.3, 0.4) is 0 Å². The number of nitrogens with zero attached hydrogens (tertiary/aromatic N) is 2. The van der Waals surface area contributed by atoms with Gasteiger partial charge in [0, 0.05) is 24.8 Å². The van der Waals surface area contributed by atoms with Crippen LogP contribution in [0.5, 0.6) is 0 Å². The Morgan fingerprint density at radius 2 is 1.77 bits per heavy atom. The molecule has 2 N–H and O–H groups in total. The summed E-state index contributed by atoms with van der Waals surface area (Å²) in [5.74, 6) is 0.0420. The van der Waals surface area contributed by atoms with Crippen molar-refractivity contribution in [3.63, 3.8) is 0 Å². The molecule has 2 amide bonds. The van der Waals surface area contributed by atoms with Crippen LogP contribution in [0.1, 0.15) is 45.7 Å². The molecule has 1 aliphatic rings. The van der Waals surface area contributed by atoms with Gasteiger partial charge in [0.1, 0.15) is 0 Å². The van der Waals surface area contributed by atoms with Crippen molar-refractivity contribution in [3.05, 3.63) is 71.5 Å². The van der Waals surface area contributed by atoms with Gasteiger partial charge < -0.3 is 15.5 Å². The van der Waals surface area contributed by atoms with Crippen LogP contribution >= 0.6 is 0 Å². The lowest BCUT2D eigenvalue weighted by Gasteiger charge is -2.25. The van der Waals surface area contributed by atoms with Gasteiger partial charge in [-0.1, -0.05) is 36.8 Å². The molecule has 0 unspecified atom stereocenters. The van der Waals surface area contributed by atoms with Crippen LogP contribution in [0.2, 0.25) is 0 Å². The van der Waals surface area contributed by atoms with E-state index in [0.717, 1.165) is 35.7 Å². The molecule has 0 saturated heterocycles. The molecule has 1 aliphatic carbocycles. The number of hydrogen-bond donors (Lipinski definition) is 2. The van der Waals surface area contributed by atoms with Gasteiger partial charge >= 0.3 is 0 Å². The van der Waals surface area contributed by atoms with Crippen LogP contribution < -0.4 is 10.6 Å². The van der Waals surface area contributed by atoms with E-state index < -0.39 is 0 Å². The molecule has 0 bridgehead atoms. The zero-order chi connectivity index (χ0) is 21.8. The fourth-order valence-electron chi connectivity index (χ4n) is 3.93. The molecule has 1 heterocycles. The average molecular weight is 417 g/mol. The van der Waals surface area contributed by atoms with Crippen LogP contribution in [0, 0.1) is 5.92 Å². The minimum Gasteiger partial charge on any atom is -0.350 e. The minimum atomic E-state index is -0.256. The molecule has 3 aromatic rings. The number of hydrogen-bond acceptors (Lipinski definition) is 4. The molecule has 6 heteroatoms. The summed E-state index contributed by atoms with van der Waals surface area (Å²) in [4.78, 5) is 32.2. The highest BCUT2D eigenvalue weighted by Gasteiger charge is 2.21. The highest BCUT2D eigenvalue weighted by Crippen LogP contribution is 2.26. The van der Waals surface area contributed by atoms with Crippen LogP contribution in [-0.2, 0) is 6.54 Å². The van der Waals surface area contributed by atoms with E-state index in [1.54, 1.807) is 18.3 Å². The molecule has 1 saturated carbocycles. The SMILES string of the molecule is CN(C)Cc1ccc(C(=O)Nc2cccnc2C(=O)NCC2CCC2)c2ccccc12. The molecule has 6 nitrogen and oxygen atoms in total. The Kier molecular flexibility index (Phi) is 6.28. The smallest absolute Gasteiger partial charge is 0.272 e. The van der Waals surface area contributed by atoms with Gasteiger partial charge in [0.05, 0.1) is 5.69 Å². The van der Waals surface area contributed by atoms with Gasteiger partial charge in [-0.2, -0.15) is 0 Å². The van der Waals surface area contributed by atoms with Crippen molar-refractivity contribution < 1.29 is 9.59 Å². The molecule has 0 radical (unpaired) electrons. The maximum absolute atomic E-state index is 13.2. The van der Waals surface area contributed by atoms with E-state index in [1.165, 1.54) is 6.42 Å². The maximum Gasteiger partial charge on any atom is 0.272 e. The Hall–Kier alpha value is -3.25. The van der Waals surface area contributed by atoms with Crippen molar-refractivity contribution in [2.24, 2.45) is 5.92 Å². The van der Waals surface area contributed by atoms with Gasteiger partial charge in [0.2, 0.25) is 0 Å². The Balaban J connectivity index is 1.58. The third-order valence-corrected chi connectivity index (χ3v) is 5.79. The number of nitrogens with one attached hydrogen (secondary N) is 2. The second-order valence-corrected chi connectivity index (χ2v) is 8.42. The Bertz CT molecular complexity index is 1110. The molecule has 0 aliphatic heterocycles. The fraction of sp³-hybridized carbons (Fsp3) is 0.320. The average Bonchev–Trinajstić information content (AvgIpc) is 2.72. The molecule has 31 heavy (non-hydrogen) atoms. The number of carbonyl (C=O) groups is 2. The third-order valence-electron chi connectivity index (χ3n) is 5.79. The van der Waals surface area contributed by atoms with Gasteiger partial charge in [0.15, 0.2) is 5.69 Å². The molecule has 1 fully saturated rings. The minimum absolute atomic E-state index is 0.240. The number of fused-ring (bicyclic) bond motifs is 1. The summed E-state index contributed by atoms with van der Waals surface area (Å²) >= 11 is 0. The van der Waals surface area contributed by atoms with Crippen LogP contribution in [-0.4, -0.2) is 42.3 Å². The lowest BCUT2D eigenvalue weighted by atomic mass is 9.85. The lowest BCUT2D eigenvalue weighted by Crippen LogP contribution is -2.33. The second kappa shape index (κ2) is 9.27. The van der Waals surface area contributed by atoms with E-state index in [2.05, 4.69) is 20.5 Å². The number of benzene rings is 2. The quantitative estimate of drug-likeness (QED) is 0.609. The summed E-state index contributed by atoms with van der Waals surface area (Å²) < 4.78 is 0. The van der Waals surface area contributed by atoms with Gasteiger partial charge in [0.25, 0.3) is 11.8 Å². The van der Waals surface area contributed by atoms with E-state index in [4.69, 9.17) is 0 Å². The number of rotatable bonds is 7. The molecule has 4 rings (SSSR count). The Morgan fingerprint density at radius 1 is 1.00 bits per heavy atom. The first kappa shape index (κ1) is 21.0. The summed E-state index contributed by atoms with van der Waals surface area (Å²) in [6, 6.07) is 15.2. The number of anilines is 1. The molecular weight excluding hydrogens is 388 g/mol. The topological polar surface area (TPSA) is 74.3 Å². The van der Waals surface area contributed by atoms with Crippen molar-refractivity contribution in [1.29, 1.82) is 0 Å². The molecular formula is C25H28N4O2. The van der Waals surface area contributed by atoms with Crippen LogP contribution in [0.4, 0.5) is 5.69 Å². The zero-order valence-electron chi connectivity index (χ0n) is 18.0. The van der Waals surface area contributed by atoms with Crippen molar-refractivity contribution in [1.82, 2.24) is 15.2 Å². The standard InChI is InChI=1S/C25H28N4O2/c1-29(2)16-18-12-13-21(20-10-4-3-9-19(18)20)24(30)28-22-11-6-14-26-23(22)25(31)27-15-17-7-5-8-17/h3-4,6,9-14,17H,5,7-8,15-16H2,1-2H3,(H,27,31)(H,28,30). The maximum atomic E-state index is 13.2. The van der Waals surface area contributed by atoms with E-state index in [0.29, 0.717) is 23.7 Å². The largest absolute Gasteiger partial charge is 0.350 e. The van der Waals surface area contributed by atoms with Gasteiger partial charge in [-0.25, -0.2) is 4.98 Å². The molecule has 0 atom stereocenters. The first-order valence-corrected chi connectivity index (χ1v) is 10.7. The number of pyridine rings is 1. The second-order valence-electron chi connectivity index (χ2n) is 8.42. The van der Waals surface area contributed by atoms with E-state index in [9.17, 15) is 9.59 Å². The van der Waals surface area contributed by atoms with E-state index in [-0.39, 0.29) is 17.5 Å². The van der Waals surface area contributed by atoms with Gasteiger partial charge in [-0.05, 0) is 67.4 Å². The summed E-state index contributed by atoms with van der Waals surface area (Å²) in [5, 5.41) is 7.79. The zero-order valence-corrected chi connectivity index (χ0v) is 18.0. The van der Waals surface area contributed by atoms with E-state index in [1.807, 2.05) is 50.5 Å². The Labute approximate surface area is 182 Å². The monoisotopic (exact) mass is 416 g/mol. The Morgan fingerprint density at radius 3 is 2.48 bits per heavy atom. The fourth-order valence-corrected chi connectivity index (χ4v) is 3.93. The molecule has 160 valence electrons. The molecule has 1 aromatic heterocycles.